The monoisotopic (exact) mass is 367 g/mol. The van der Waals surface area contributed by atoms with Gasteiger partial charge in [-0.25, -0.2) is 9.78 Å². The minimum Gasteiger partial charge on any atom is -0.496 e. The summed E-state index contributed by atoms with van der Waals surface area (Å²) in [5.41, 5.74) is 1.27. The number of pyridine rings is 1. The highest BCUT2D eigenvalue weighted by Crippen LogP contribution is 2.24. The first-order chi connectivity index (χ1) is 10.2. The number of carbonyl (C=O) groups excluding carboxylic acids is 1. The zero-order valence-electron chi connectivity index (χ0n) is 11.6. The Morgan fingerprint density at radius 1 is 1.38 bits per heavy atom. The predicted octanol–water partition coefficient (Wildman–Crippen LogP) is 3.93. The second-order valence-corrected chi connectivity index (χ2v) is 5.80. The van der Waals surface area contributed by atoms with Crippen molar-refractivity contribution >= 4 is 33.7 Å². The molecule has 0 saturated carbocycles. The van der Waals surface area contributed by atoms with Crippen molar-refractivity contribution in [3.8, 4) is 5.75 Å². The van der Waals surface area contributed by atoms with Crippen molar-refractivity contribution in [1.29, 1.82) is 0 Å². The van der Waals surface area contributed by atoms with Crippen LogP contribution in [0.5, 0.6) is 5.75 Å². The number of halogens is 1. The Morgan fingerprint density at radius 3 is 2.90 bits per heavy atom. The number of thioether (sulfide) groups is 1. The van der Waals surface area contributed by atoms with Gasteiger partial charge in [-0.05, 0) is 36.6 Å². The molecular formula is C15H14BrNO3S. The van der Waals surface area contributed by atoms with Crippen LogP contribution in [0, 0.1) is 0 Å². The van der Waals surface area contributed by atoms with Crippen LogP contribution in [0.4, 0.5) is 0 Å². The van der Waals surface area contributed by atoms with E-state index in [-0.39, 0.29) is 6.61 Å². The van der Waals surface area contributed by atoms with Crippen molar-refractivity contribution in [3.63, 3.8) is 0 Å². The van der Waals surface area contributed by atoms with Gasteiger partial charge in [0.05, 0.1) is 12.7 Å². The average Bonchev–Trinajstić information content (AvgIpc) is 2.52. The molecule has 0 aliphatic heterocycles. The molecule has 0 amide bonds. The van der Waals surface area contributed by atoms with Crippen LogP contribution in [0.25, 0.3) is 0 Å². The highest BCUT2D eigenvalue weighted by Gasteiger charge is 2.14. The Balaban J connectivity index is 2.13. The molecular weight excluding hydrogens is 354 g/mol. The molecule has 1 aromatic heterocycles. The zero-order chi connectivity index (χ0) is 15.2. The van der Waals surface area contributed by atoms with Crippen LogP contribution in [0.2, 0.25) is 0 Å². The molecule has 0 bridgehead atoms. The van der Waals surface area contributed by atoms with Gasteiger partial charge in [-0.3, -0.25) is 0 Å². The topological polar surface area (TPSA) is 48.4 Å². The Morgan fingerprint density at radius 2 is 2.19 bits per heavy atom. The van der Waals surface area contributed by atoms with Crippen LogP contribution in [-0.2, 0) is 11.3 Å². The number of rotatable bonds is 5. The van der Waals surface area contributed by atoms with Crippen LogP contribution in [-0.4, -0.2) is 24.3 Å². The van der Waals surface area contributed by atoms with Gasteiger partial charge in [0.15, 0.2) is 0 Å². The van der Waals surface area contributed by atoms with Crippen LogP contribution in [0.1, 0.15) is 15.9 Å². The van der Waals surface area contributed by atoms with Gasteiger partial charge in [-0.1, -0.05) is 15.9 Å². The van der Waals surface area contributed by atoms with E-state index >= 15 is 0 Å². The smallest absolute Gasteiger partial charge is 0.341 e. The van der Waals surface area contributed by atoms with Crippen molar-refractivity contribution in [2.75, 3.05) is 13.4 Å². The summed E-state index contributed by atoms with van der Waals surface area (Å²) in [7, 11) is 1.58. The molecule has 0 unspecified atom stereocenters. The molecule has 110 valence electrons. The summed E-state index contributed by atoms with van der Waals surface area (Å²) in [5.74, 6) is 0.289. The summed E-state index contributed by atoms with van der Waals surface area (Å²) in [6, 6.07) is 8.99. The highest BCUT2D eigenvalue weighted by molar-refractivity contribution is 9.10. The number of esters is 1. The third kappa shape index (κ3) is 3.98. The SMILES string of the molecule is COc1ccc(Br)cc1COC(=O)c1cccnc1SC. The number of carbonyl (C=O) groups is 1. The van der Waals surface area contributed by atoms with Gasteiger partial charge in [0.2, 0.25) is 0 Å². The largest absolute Gasteiger partial charge is 0.496 e. The van der Waals surface area contributed by atoms with E-state index < -0.39 is 5.97 Å². The van der Waals surface area contributed by atoms with Crippen molar-refractivity contribution in [2.24, 2.45) is 0 Å². The lowest BCUT2D eigenvalue weighted by Gasteiger charge is -2.10. The quantitative estimate of drug-likeness (QED) is 0.591. The van der Waals surface area contributed by atoms with Crippen LogP contribution in [0.15, 0.2) is 46.0 Å². The Labute approximate surface area is 136 Å². The molecule has 6 heteroatoms. The molecule has 0 spiro atoms. The Hall–Kier alpha value is -1.53. The Bertz CT molecular complexity index is 649. The number of aromatic nitrogens is 1. The zero-order valence-corrected chi connectivity index (χ0v) is 14.0. The van der Waals surface area contributed by atoms with E-state index in [0.29, 0.717) is 16.3 Å². The molecule has 21 heavy (non-hydrogen) atoms. The van der Waals surface area contributed by atoms with Gasteiger partial charge in [0.1, 0.15) is 17.4 Å². The molecule has 0 aliphatic carbocycles. The number of hydrogen-bond donors (Lipinski definition) is 0. The second kappa shape index (κ2) is 7.47. The van der Waals surface area contributed by atoms with E-state index in [1.54, 1.807) is 25.4 Å². The fraction of sp³-hybridized carbons (Fsp3) is 0.200. The standard InChI is InChI=1S/C15H14BrNO3S/c1-19-13-6-5-11(16)8-10(13)9-20-15(18)12-4-3-7-17-14(12)21-2/h3-8H,9H2,1-2H3. The molecule has 0 aliphatic rings. The molecule has 0 fully saturated rings. The molecule has 1 heterocycles. The average molecular weight is 368 g/mol. The maximum absolute atomic E-state index is 12.2. The number of methoxy groups -OCH3 is 1. The predicted molar refractivity (Wildman–Crippen MR) is 85.8 cm³/mol. The van der Waals surface area contributed by atoms with E-state index in [4.69, 9.17) is 9.47 Å². The van der Waals surface area contributed by atoms with Crippen molar-refractivity contribution < 1.29 is 14.3 Å². The first-order valence-electron chi connectivity index (χ1n) is 6.14. The molecule has 0 saturated heterocycles. The van der Waals surface area contributed by atoms with E-state index in [1.165, 1.54) is 11.8 Å². The van der Waals surface area contributed by atoms with Crippen LogP contribution < -0.4 is 4.74 Å². The summed E-state index contributed by atoms with van der Waals surface area (Å²) in [4.78, 5) is 16.3. The Kier molecular flexibility index (Phi) is 5.64. The molecule has 0 N–H and O–H groups in total. The molecule has 4 nitrogen and oxygen atoms in total. The lowest BCUT2D eigenvalue weighted by Crippen LogP contribution is -2.08. The first-order valence-corrected chi connectivity index (χ1v) is 8.16. The van der Waals surface area contributed by atoms with Gasteiger partial charge in [-0.15, -0.1) is 11.8 Å². The maximum atomic E-state index is 12.2. The third-order valence-electron chi connectivity index (χ3n) is 2.79. The van der Waals surface area contributed by atoms with E-state index in [1.807, 2.05) is 24.5 Å². The van der Waals surface area contributed by atoms with Gasteiger partial charge < -0.3 is 9.47 Å². The molecule has 0 atom stereocenters. The van der Waals surface area contributed by atoms with Gasteiger partial charge in [-0.2, -0.15) is 0 Å². The number of nitrogens with zero attached hydrogens (tertiary/aromatic N) is 1. The van der Waals surface area contributed by atoms with E-state index in [9.17, 15) is 4.79 Å². The lowest BCUT2D eigenvalue weighted by atomic mass is 10.2. The van der Waals surface area contributed by atoms with Crippen molar-refractivity contribution in [2.45, 2.75) is 11.6 Å². The first kappa shape index (κ1) is 15.9. The normalized spacial score (nSPS) is 10.2. The van der Waals surface area contributed by atoms with Crippen LogP contribution >= 0.6 is 27.7 Å². The number of hydrogen-bond acceptors (Lipinski definition) is 5. The third-order valence-corrected chi connectivity index (χ3v) is 3.99. The van der Waals surface area contributed by atoms with Crippen molar-refractivity contribution in [3.05, 3.63) is 52.1 Å². The second-order valence-electron chi connectivity index (χ2n) is 4.09. The summed E-state index contributed by atoms with van der Waals surface area (Å²) in [5, 5.41) is 0.656. The molecule has 2 rings (SSSR count). The number of ether oxygens (including phenoxy) is 2. The molecule has 1 aromatic carbocycles. The summed E-state index contributed by atoms with van der Waals surface area (Å²) in [6.07, 6.45) is 3.52. The lowest BCUT2D eigenvalue weighted by molar-refractivity contribution is 0.0465. The van der Waals surface area contributed by atoms with Crippen molar-refractivity contribution in [1.82, 2.24) is 4.98 Å². The summed E-state index contributed by atoms with van der Waals surface area (Å²) >= 11 is 4.80. The minimum atomic E-state index is -0.394. The molecule has 0 radical (unpaired) electrons. The van der Waals surface area contributed by atoms with E-state index in [0.717, 1.165) is 10.0 Å². The highest BCUT2D eigenvalue weighted by atomic mass is 79.9. The van der Waals surface area contributed by atoms with Gasteiger partial charge in [0.25, 0.3) is 0 Å². The van der Waals surface area contributed by atoms with Crippen LogP contribution in [0.3, 0.4) is 0 Å². The summed E-state index contributed by atoms with van der Waals surface area (Å²) < 4.78 is 11.5. The van der Waals surface area contributed by atoms with E-state index in [2.05, 4.69) is 20.9 Å². The van der Waals surface area contributed by atoms with Gasteiger partial charge in [0, 0.05) is 16.2 Å². The summed E-state index contributed by atoms with van der Waals surface area (Å²) in [6.45, 7) is 0.143. The minimum absolute atomic E-state index is 0.143. The fourth-order valence-corrected chi connectivity index (χ4v) is 2.74. The maximum Gasteiger partial charge on any atom is 0.341 e. The molecule has 2 aromatic rings. The van der Waals surface area contributed by atoms with Gasteiger partial charge >= 0.3 is 5.97 Å². The fourth-order valence-electron chi connectivity index (χ4n) is 1.79. The number of benzene rings is 1.